The summed E-state index contributed by atoms with van der Waals surface area (Å²) in [5, 5.41) is 4.11. The lowest BCUT2D eigenvalue weighted by Gasteiger charge is -2.25. The molecule has 4 rings (SSSR count). The smallest absolute Gasteiger partial charge is 0.264 e. The average Bonchev–Trinajstić information content (AvgIpc) is 3.24. The molecule has 0 atom stereocenters. The molecule has 0 aliphatic heterocycles. The molecular formula is C29H30N4O5S. The van der Waals surface area contributed by atoms with E-state index in [4.69, 9.17) is 9.47 Å². The van der Waals surface area contributed by atoms with Gasteiger partial charge in [-0.25, -0.2) is 13.8 Å². The van der Waals surface area contributed by atoms with Crippen molar-refractivity contribution in [1.82, 2.24) is 9.99 Å². The molecule has 0 fully saturated rings. The fraction of sp³-hybridized carbons (Fsp3) is 0.172. The van der Waals surface area contributed by atoms with E-state index >= 15 is 0 Å². The standard InChI is InChI=1S/C29H30N4O5S/c1-21-18-23(22(2)33(21)24-10-6-5-7-11-24)19-30-31-29(34)20-32(27-12-8-9-13-28(27)38-4)39(35,36)26-16-14-25(37-3)15-17-26/h5-19H,20H2,1-4H3,(H,31,34)/b30-19-. The van der Waals surface area contributed by atoms with E-state index < -0.39 is 22.5 Å². The summed E-state index contributed by atoms with van der Waals surface area (Å²) >= 11 is 0. The Labute approximate surface area is 228 Å². The van der Waals surface area contributed by atoms with Crippen LogP contribution in [0.4, 0.5) is 5.69 Å². The van der Waals surface area contributed by atoms with Crippen LogP contribution in [0.5, 0.6) is 11.5 Å². The molecule has 0 bridgehead atoms. The molecule has 0 saturated heterocycles. The molecule has 1 amide bonds. The van der Waals surface area contributed by atoms with Crippen LogP contribution in [0, 0.1) is 13.8 Å². The van der Waals surface area contributed by atoms with E-state index in [0.717, 1.165) is 26.9 Å². The Hall–Kier alpha value is -4.57. The van der Waals surface area contributed by atoms with Crippen molar-refractivity contribution < 1.29 is 22.7 Å². The van der Waals surface area contributed by atoms with Crippen molar-refractivity contribution in [2.75, 3.05) is 25.1 Å². The summed E-state index contributed by atoms with van der Waals surface area (Å²) in [7, 11) is -1.21. The third kappa shape index (κ3) is 5.96. The Bertz CT molecular complexity index is 1580. The zero-order valence-corrected chi connectivity index (χ0v) is 23.0. The molecule has 9 nitrogen and oxygen atoms in total. The number of rotatable bonds is 10. The maximum absolute atomic E-state index is 13.7. The molecule has 0 saturated carbocycles. The van der Waals surface area contributed by atoms with E-state index in [-0.39, 0.29) is 10.6 Å². The van der Waals surface area contributed by atoms with Gasteiger partial charge in [-0.2, -0.15) is 5.10 Å². The quantitative estimate of drug-likeness (QED) is 0.234. The molecular weight excluding hydrogens is 516 g/mol. The van der Waals surface area contributed by atoms with E-state index in [9.17, 15) is 13.2 Å². The summed E-state index contributed by atoms with van der Waals surface area (Å²) in [5.41, 5.74) is 6.49. The zero-order valence-electron chi connectivity index (χ0n) is 22.2. The Morgan fingerprint density at radius 1 is 0.949 bits per heavy atom. The zero-order chi connectivity index (χ0) is 28.0. The van der Waals surface area contributed by atoms with Crippen LogP contribution in [-0.4, -0.2) is 45.9 Å². The van der Waals surface area contributed by atoms with Crippen LogP contribution in [-0.2, 0) is 14.8 Å². The van der Waals surface area contributed by atoms with Gasteiger partial charge >= 0.3 is 0 Å². The number of hydrazone groups is 1. The largest absolute Gasteiger partial charge is 0.497 e. The van der Waals surface area contributed by atoms with Gasteiger partial charge in [-0.3, -0.25) is 9.10 Å². The number of nitrogens with one attached hydrogen (secondary N) is 1. The highest BCUT2D eigenvalue weighted by Crippen LogP contribution is 2.32. The molecule has 10 heteroatoms. The molecule has 0 aliphatic rings. The van der Waals surface area contributed by atoms with E-state index in [1.54, 1.807) is 42.6 Å². The molecule has 3 aromatic carbocycles. The monoisotopic (exact) mass is 546 g/mol. The lowest BCUT2D eigenvalue weighted by molar-refractivity contribution is -0.119. The first-order chi connectivity index (χ1) is 18.8. The predicted molar refractivity (Wildman–Crippen MR) is 151 cm³/mol. The number of carbonyl (C=O) groups excluding carboxylic acids is 1. The minimum Gasteiger partial charge on any atom is -0.497 e. The minimum absolute atomic E-state index is 0.00106. The number of methoxy groups -OCH3 is 2. The summed E-state index contributed by atoms with van der Waals surface area (Å²) in [6.45, 7) is 3.44. The second kappa shape index (κ2) is 11.9. The molecule has 202 valence electrons. The Kier molecular flexibility index (Phi) is 8.36. The molecule has 4 aromatic rings. The first kappa shape index (κ1) is 27.5. The average molecular weight is 547 g/mol. The molecule has 0 spiro atoms. The molecule has 39 heavy (non-hydrogen) atoms. The highest BCUT2D eigenvalue weighted by molar-refractivity contribution is 7.92. The van der Waals surface area contributed by atoms with Crippen molar-refractivity contribution in [3.8, 4) is 17.2 Å². The Morgan fingerprint density at radius 2 is 1.62 bits per heavy atom. The van der Waals surface area contributed by atoms with E-state index in [2.05, 4.69) is 15.1 Å². The van der Waals surface area contributed by atoms with Crippen LogP contribution in [0.1, 0.15) is 17.0 Å². The van der Waals surface area contributed by atoms with Gasteiger partial charge in [-0.05, 0) is 68.4 Å². The van der Waals surface area contributed by atoms with E-state index in [0.29, 0.717) is 11.5 Å². The second-order valence-electron chi connectivity index (χ2n) is 8.65. The van der Waals surface area contributed by atoms with Gasteiger partial charge in [0.2, 0.25) is 0 Å². The lowest BCUT2D eigenvalue weighted by Crippen LogP contribution is -2.39. The Balaban J connectivity index is 1.58. The van der Waals surface area contributed by atoms with Crippen molar-refractivity contribution in [2.45, 2.75) is 18.7 Å². The van der Waals surface area contributed by atoms with Crippen molar-refractivity contribution >= 4 is 27.8 Å². The predicted octanol–water partition coefficient (Wildman–Crippen LogP) is 4.46. The van der Waals surface area contributed by atoms with Gasteiger partial charge in [0, 0.05) is 22.6 Å². The number of benzene rings is 3. The summed E-state index contributed by atoms with van der Waals surface area (Å²) < 4.78 is 40.9. The highest BCUT2D eigenvalue weighted by atomic mass is 32.2. The normalized spacial score (nSPS) is 11.4. The number of hydrogen-bond acceptors (Lipinski definition) is 6. The molecule has 1 N–H and O–H groups in total. The van der Waals surface area contributed by atoms with Crippen molar-refractivity contribution in [3.05, 3.63) is 102 Å². The number of aryl methyl sites for hydroxylation is 1. The SMILES string of the molecule is COc1ccc(S(=O)(=O)N(CC(=O)N/N=C\c2cc(C)n(-c3ccccc3)c2C)c2ccccc2OC)cc1. The maximum atomic E-state index is 13.7. The van der Waals surface area contributed by atoms with Crippen LogP contribution in [0.25, 0.3) is 5.69 Å². The van der Waals surface area contributed by atoms with Crippen LogP contribution >= 0.6 is 0 Å². The van der Waals surface area contributed by atoms with Crippen LogP contribution in [0.15, 0.2) is 94.9 Å². The number of anilines is 1. The number of ether oxygens (including phenoxy) is 2. The first-order valence-corrected chi connectivity index (χ1v) is 13.6. The van der Waals surface area contributed by atoms with Crippen molar-refractivity contribution in [2.24, 2.45) is 5.10 Å². The number of carbonyl (C=O) groups is 1. The van der Waals surface area contributed by atoms with Gasteiger partial charge in [0.1, 0.15) is 18.0 Å². The van der Waals surface area contributed by atoms with Crippen LogP contribution in [0.3, 0.4) is 0 Å². The fourth-order valence-corrected chi connectivity index (χ4v) is 5.67. The third-order valence-corrected chi connectivity index (χ3v) is 7.94. The highest BCUT2D eigenvalue weighted by Gasteiger charge is 2.29. The minimum atomic E-state index is -4.14. The number of amides is 1. The van der Waals surface area contributed by atoms with Crippen LogP contribution < -0.4 is 19.2 Å². The van der Waals surface area contributed by atoms with Gasteiger partial charge in [0.05, 0.1) is 31.0 Å². The summed E-state index contributed by atoms with van der Waals surface area (Å²) in [5.74, 6) is 0.196. The van der Waals surface area contributed by atoms with Gasteiger partial charge in [0.25, 0.3) is 15.9 Å². The number of sulfonamides is 1. The fourth-order valence-electron chi connectivity index (χ4n) is 4.24. The lowest BCUT2D eigenvalue weighted by atomic mass is 10.2. The second-order valence-corrected chi connectivity index (χ2v) is 10.5. The van der Waals surface area contributed by atoms with Crippen molar-refractivity contribution in [1.29, 1.82) is 0 Å². The van der Waals surface area contributed by atoms with Gasteiger partial charge in [-0.1, -0.05) is 30.3 Å². The third-order valence-electron chi connectivity index (χ3n) is 6.17. The number of nitrogens with zero attached hydrogens (tertiary/aromatic N) is 3. The molecule has 0 unspecified atom stereocenters. The number of hydrogen-bond donors (Lipinski definition) is 1. The summed E-state index contributed by atoms with van der Waals surface area (Å²) in [6.07, 6.45) is 1.55. The topological polar surface area (TPSA) is 102 Å². The first-order valence-electron chi connectivity index (χ1n) is 12.1. The van der Waals surface area contributed by atoms with Crippen LogP contribution in [0.2, 0.25) is 0 Å². The number of aromatic nitrogens is 1. The Morgan fingerprint density at radius 3 is 2.28 bits per heavy atom. The van der Waals surface area contributed by atoms with E-state index in [1.165, 1.54) is 26.4 Å². The number of para-hydroxylation sites is 3. The van der Waals surface area contributed by atoms with Gasteiger partial charge in [0.15, 0.2) is 0 Å². The van der Waals surface area contributed by atoms with Gasteiger partial charge in [-0.15, -0.1) is 0 Å². The summed E-state index contributed by atoms with van der Waals surface area (Å²) in [6, 6.07) is 24.4. The molecule has 0 aliphatic carbocycles. The maximum Gasteiger partial charge on any atom is 0.264 e. The molecule has 0 radical (unpaired) electrons. The van der Waals surface area contributed by atoms with Gasteiger partial charge < -0.3 is 14.0 Å². The summed E-state index contributed by atoms with van der Waals surface area (Å²) in [4.78, 5) is 13.0. The molecule has 1 aromatic heterocycles. The molecule has 1 heterocycles. The van der Waals surface area contributed by atoms with E-state index in [1.807, 2.05) is 50.2 Å². The van der Waals surface area contributed by atoms with Crippen molar-refractivity contribution in [3.63, 3.8) is 0 Å².